The molecule has 0 bridgehead atoms. The lowest BCUT2D eigenvalue weighted by atomic mass is 9.98. The van der Waals surface area contributed by atoms with Gasteiger partial charge in [0.15, 0.2) is 0 Å². The molecule has 1 saturated heterocycles. The van der Waals surface area contributed by atoms with Gasteiger partial charge >= 0.3 is 6.03 Å². The Hall–Kier alpha value is -1.99. The number of hydrogen-bond donors (Lipinski definition) is 1. The van der Waals surface area contributed by atoms with E-state index >= 15 is 0 Å². The number of likely N-dealkylation sites (tertiary alicyclic amines) is 1. The van der Waals surface area contributed by atoms with Crippen LogP contribution in [0.2, 0.25) is 0 Å². The Morgan fingerprint density at radius 2 is 2.24 bits per heavy atom. The zero-order valence-corrected chi connectivity index (χ0v) is 12.5. The van der Waals surface area contributed by atoms with Crippen LogP contribution < -0.4 is 5.32 Å². The molecule has 0 saturated carbocycles. The highest BCUT2D eigenvalue weighted by Crippen LogP contribution is 2.19. The second-order valence-electron chi connectivity index (χ2n) is 5.45. The molecule has 2 rings (SSSR count). The van der Waals surface area contributed by atoms with E-state index in [1.54, 1.807) is 0 Å². The number of benzene rings is 1. The third kappa shape index (κ3) is 4.80. The van der Waals surface area contributed by atoms with Crippen LogP contribution in [0.3, 0.4) is 0 Å². The van der Waals surface area contributed by atoms with Gasteiger partial charge in [-0.25, -0.2) is 4.79 Å². The number of terminal acetylenes is 1. The van der Waals surface area contributed by atoms with Gasteiger partial charge in [0.2, 0.25) is 0 Å². The lowest BCUT2D eigenvalue weighted by molar-refractivity contribution is 0.0932. The fraction of sp³-hybridized carbons (Fsp3) is 0.471. The van der Waals surface area contributed by atoms with Crippen molar-refractivity contribution >= 4 is 11.7 Å². The maximum atomic E-state index is 12.2. The number of nitrogens with one attached hydrogen (secondary N) is 1. The molecule has 4 nitrogen and oxygen atoms in total. The monoisotopic (exact) mass is 286 g/mol. The topological polar surface area (TPSA) is 41.6 Å². The third-order valence-corrected chi connectivity index (χ3v) is 3.71. The number of anilines is 1. The predicted molar refractivity (Wildman–Crippen MR) is 84.1 cm³/mol. The molecule has 1 fully saturated rings. The van der Waals surface area contributed by atoms with Crippen molar-refractivity contribution in [3.63, 3.8) is 0 Å². The highest BCUT2D eigenvalue weighted by Gasteiger charge is 2.22. The van der Waals surface area contributed by atoms with E-state index in [0.717, 1.165) is 37.2 Å². The zero-order chi connectivity index (χ0) is 15.1. The van der Waals surface area contributed by atoms with E-state index in [0.29, 0.717) is 19.1 Å². The second-order valence-corrected chi connectivity index (χ2v) is 5.45. The normalized spacial score (nSPS) is 15.5. The summed E-state index contributed by atoms with van der Waals surface area (Å²) < 4.78 is 5.37. The summed E-state index contributed by atoms with van der Waals surface area (Å²) in [4.78, 5) is 14.1. The number of carbonyl (C=O) groups excluding carboxylic acids is 1. The number of hydrogen-bond acceptors (Lipinski definition) is 2. The van der Waals surface area contributed by atoms with E-state index in [1.807, 2.05) is 36.1 Å². The summed E-state index contributed by atoms with van der Waals surface area (Å²) in [6.07, 6.45) is 7.08. The van der Waals surface area contributed by atoms with Crippen molar-refractivity contribution in [2.24, 2.45) is 5.92 Å². The largest absolute Gasteiger partial charge is 0.369 e. The molecule has 1 aromatic rings. The summed E-state index contributed by atoms with van der Waals surface area (Å²) in [5, 5.41) is 2.95. The van der Waals surface area contributed by atoms with Crippen LogP contribution in [-0.4, -0.2) is 37.2 Å². The van der Waals surface area contributed by atoms with Gasteiger partial charge < -0.3 is 15.0 Å². The molecular formula is C17H22N2O2. The van der Waals surface area contributed by atoms with Gasteiger partial charge in [0.25, 0.3) is 0 Å². The SMILES string of the molecule is C#CCOCC1CCN(C(=O)Nc2cccc(C)c2)CC1. The number of aryl methyl sites for hydroxylation is 1. The molecule has 1 aliphatic rings. The van der Waals surface area contributed by atoms with Crippen molar-refractivity contribution in [2.75, 3.05) is 31.6 Å². The van der Waals surface area contributed by atoms with Crippen LogP contribution in [0.4, 0.5) is 10.5 Å². The molecule has 0 radical (unpaired) electrons. The highest BCUT2D eigenvalue weighted by atomic mass is 16.5. The van der Waals surface area contributed by atoms with Gasteiger partial charge in [0.1, 0.15) is 6.61 Å². The molecule has 1 aromatic carbocycles. The summed E-state index contributed by atoms with van der Waals surface area (Å²) in [6, 6.07) is 7.81. The number of rotatable bonds is 4. The van der Waals surface area contributed by atoms with Gasteiger partial charge in [0.05, 0.1) is 6.61 Å². The Morgan fingerprint density at radius 1 is 1.48 bits per heavy atom. The van der Waals surface area contributed by atoms with Crippen molar-refractivity contribution in [1.82, 2.24) is 4.90 Å². The van der Waals surface area contributed by atoms with Crippen LogP contribution in [0.1, 0.15) is 18.4 Å². The molecule has 21 heavy (non-hydrogen) atoms. The first kappa shape index (κ1) is 15.4. The molecule has 1 heterocycles. The molecule has 0 unspecified atom stereocenters. The summed E-state index contributed by atoms with van der Waals surface area (Å²) in [7, 11) is 0. The number of piperidine rings is 1. The third-order valence-electron chi connectivity index (χ3n) is 3.71. The van der Waals surface area contributed by atoms with Crippen LogP contribution in [0, 0.1) is 25.2 Å². The standard InChI is InChI=1S/C17H22N2O2/c1-3-11-21-13-15-7-9-19(10-8-15)17(20)18-16-6-4-5-14(2)12-16/h1,4-6,12,15H,7-11,13H2,2H3,(H,18,20). The van der Waals surface area contributed by atoms with Gasteiger partial charge in [0, 0.05) is 18.8 Å². The minimum Gasteiger partial charge on any atom is -0.369 e. The van der Waals surface area contributed by atoms with Crippen LogP contribution >= 0.6 is 0 Å². The van der Waals surface area contributed by atoms with Crippen LogP contribution in [0.15, 0.2) is 24.3 Å². The molecule has 0 atom stereocenters. The van der Waals surface area contributed by atoms with E-state index in [9.17, 15) is 4.79 Å². The van der Waals surface area contributed by atoms with Crippen molar-refractivity contribution in [3.8, 4) is 12.3 Å². The fourth-order valence-corrected chi connectivity index (χ4v) is 2.51. The first-order valence-corrected chi connectivity index (χ1v) is 7.33. The van der Waals surface area contributed by atoms with Crippen LogP contribution in [0.25, 0.3) is 0 Å². The summed E-state index contributed by atoms with van der Waals surface area (Å²) >= 11 is 0. The molecule has 0 aromatic heterocycles. The van der Waals surface area contributed by atoms with Crippen LogP contribution in [0.5, 0.6) is 0 Å². The quantitative estimate of drug-likeness (QED) is 0.683. The van der Waals surface area contributed by atoms with Crippen molar-refractivity contribution in [1.29, 1.82) is 0 Å². The summed E-state index contributed by atoms with van der Waals surface area (Å²) in [5.41, 5.74) is 1.98. The maximum absolute atomic E-state index is 12.2. The molecular weight excluding hydrogens is 264 g/mol. The smallest absolute Gasteiger partial charge is 0.321 e. The highest BCUT2D eigenvalue weighted by molar-refractivity contribution is 5.89. The number of ether oxygens (including phenoxy) is 1. The Balaban J connectivity index is 1.77. The number of amides is 2. The fourth-order valence-electron chi connectivity index (χ4n) is 2.51. The van der Waals surface area contributed by atoms with Crippen molar-refractivity contribution in [2.45, 2.75) is 19.8 Å². The van der Waals surface area contributed by atoms with Gasteiger partial charge in [-0.3, -0.25) is 0 Å². The zero-order valence-electron chi connectivity index (χ0n) is 12.5. The minimum atomic E-state index is -0.0245. The lowest BCUT2D eigenvalue weighted by Crippen LogP contribution is -2.41. The van der Waals surface area contributed by atoms with E-state index in [-0.39, 0.29) is 6.03 Å². The van der Waals surface area contributed by atoms with E-state index in [2.05, 4.69) is 11.2 Å². The van der Waals surface area contributed by atoms with Crippen LogP contribution in [-0.2, 0) is 4.74 Å². The maximum Gasteiger partial charge on any atom is 0.321 e. The average Bonchev–Trinajstić information content (AvgIpc) is 2.48. The van der Waals surface area contributed by atoms with Crippen molar-refractivity contribution in [3.05, 3.63) is 29.8 Å². The van der Waals surface area contributed by atoms with E-state index < -0.39 is 0 Å². The average molecular weight is 286 g/mol. The van der Waals surface area contributed by atoms with E-state index in [1.165, 1.54) is 0 Å². The molecule has 0 aliphatic carbocycles. The van der Waals surface area contributed by atoms with Gasteiger partial charge in [-0.2, -0.15) is 0 Å². The number of carbonyl (C=O) groups is 1. The molecule has 1 N–H and O–H groups in total. The number of urea groups is 1. The Bertz CT molecular complexity index is 514. The molecule has 112 valence electrons. The molecule has 2 amide bonds. The Labute approximate surface area is 126 Å². The van der Waals surface area contributed by atoms with Crippen molar-refractivity contribution < 1.29 is 9.53 Å². The van der Waals surface area contributed by atoms with Gasteiger partial charge in [-0.05, 0) is 43.4 Å². The Morgan fingerprint density at radius 3 is 2.90 bits per heavy atom. The molecule has 4 heteroatoms. The summed E-state index contributed by atoms with van der Waals surface area (Å²) in [5.74, 6) is 2.97. The minimum absolute atomic E-state index is 0.0245. The van der Waals surface area contributed by atoms with E-state index in [4.69, 9.17) is 11.2 Å². The van der Waals surface area contributed by atoms with Gasteiger partial charge in [-0.1, -0.05) is 18.1 Å². The lowest BCUT2D eigenvalue weighted by Gasteiger charge is -2.31. The summed E-state index contributed by atoms with van der Waals surface area (Å²) in [6.45, 7) is 4.60. The Kier molecular flexibility index (Phi) is 5.65. The number of nitrogens with zero attached hydrogens (tertiary/aromatic N) is 1. The second kappa shape index (κ2) is 7.70. The first-order chi connectivity index (χ1) is 10.2. The molecule has 1 aliphatic heterocycles. The predicted octanol–water partition coefficient (Wildman–Crippen LogP) is 2.89. The first-order valence-electron chi connectivity index (χ1n) is 7.33. The molecule has 0 spiro atoms. The van der Waals surface area contributed by atoms with Gasteiger partial charge in [-0.15, -0.1) is 6.42 Å².